The van der Waals surface area contributed by atoms with E-state index in [1.807, 2.05) is 30.3 Å². The summed E-state index contributed by atoms with van der Waals surface area (Å²) in [5.41, 5.74) is 2.38. The highest BCUT2D eigenvalue weighted by Gasteiger charge is 2.35. The molecule has 0 amide bonds. The zero-order chi connectivity index (χ0) is 32.4. The number of hydrogen-bond acceptors (Lipinski definition) is 9. The van der Waals surface area contributed by atoms with Crippen molar-refractivity contribution in [2.75, 3.05) is 20.8 Å². The highest BCUT2D eigenvalue weighted by molar-refractivity contribution is 7.07. The molecule has 1 N–H and O–H groups in total. The van der Waals surface area contributed by atoms with Crippen molar-refractivity contribution >= 4 is 35.0 Å². The van der Waals surface area contributed by atoms with Crippen LogP contribution in [0.3, 0.4) is 0 Å². The van der Waals surface area contributed by atoms with Gasteiger partial charge >= 0.3 is 11.9 Å². The Labute approximate surface area is 266 Å². The first-order valence-electron chi connectivity index (χ1n) is 14.3. The third-order valence-electron chi connectivity index (χ3n) is 7.41. The summed E-state index contributed by atoms with van der Waals surface area (Å²) in [4.78, 5) is 44.3. The van der Waals surface area contributed by atoms with E-state index in [0.29, 0.717) is 54.7 Å². The predicted molar refractivity (Wildman–Crippen MR) is 172 cm³/mol. The maximum absolute atomic E-state index is 14.2. The van der Waals surface area contributed by atoms with Gasteiger partial charge in [0.25, 0.3) is 5.56 Å². The molecule has 10 nitrogen and oxygen atoms in total. The van der Waals surface area contributed by atoms with Gasteiger partial charge < -0.3 is 23.7 Å². The molecule has 3 heterocycles. The van der Waals surface area contributed by atoms with Gasteiger partial charge in [-0.15, -0.1) is 0 Å². The highest BCUT2D eigenvalue weighted by atomic mass is 32.1. The molecule has 232 valence electrons. The van der Waals surface area contributed by atoms with E-state index in [9.17, 15) is 19.5 Å². The van der Waals surface area contributed by atoms with Crippen LogP contribution in [0.15, 0.2) is 105 Å². The normalized spacial score (nSPS) is 14.4. The third kappa shape index (κ3) is 5.64. The highest BCUT2D eigenvalue weighted by Crippen LogP contribution is 2.38. The number of thiazole rings is 1. The Bertz CT molecular complexity index is 2160. The lowest BCUT2D eigenvalue weighted by Crippen LogP contribution is -2.40. The molecule has 0 saturated heterocycles. The number of carbonyl (C=O) groups is 2. The number of carboxylic acid groups (broad SMARTS) is 1. The summed E-state index contributed by atoms with van der Waals surface area (Å²) in [6.07, 6.45) is 1.63. The van der Waals surface area contributed by atoms with Crippen molar-refractivity contribution in [3.63, 3.8) is 0 Å². The van der Waals surface area contributed by atoms with Crippen molar-refractivity contribution in [2.45, 2.75) is 13.0 Å². The van der Waals surface area contributed by atoms with Gasteiger partial charge in [-0.1, -0.05) is 59.9 Å². The Kier molecular flexibility index (Phi) is 8.41. The number of rotatable bonds is 9. The van der Waals surface area contributed by atoms with Crippen molar-refractivity contribution in [1.82, 2.24) is 4.57 Å². The number of carbonyl (C=O) groups excluding carboxylic acids is 1. The van der Waals surface area contributed by atoms with Crippen molar-refractivity contribution in [3.8, 4) is 22.8 Å². The van der Waals surface area contributed by atoms with Gasteiger partial charge in [-0.05, 0) is 48.9 Å². The van der Waals surface area contributed by atoms with E-state index in [1.165, 1.54) is 42.3 Å². The molecule has 46 heavy (non-hydrogen) atoms. The van der Waals surface area contributed by atoms with Gasteiger partial charge in [-0.25, -0.2) is 14.6 Å². The fourth-order valence-electron chi connectivity index (χ4n) is 5.27. The summed E-state index contributed by atoms with van der Waals surface area (Å²) in [7, 11) is 3.05. The van der Waals surface area contributed by atoms with Crippen molar-refractivity contribution in [3.05, 3.63) is 133 Å². The van der Waals surface area contributed by atoms with E-state index < -0.39 is 18.0 Å². The van der Waals surface area contributed by atoms with E-state index >= 15 is 0 Å². The Morgan fingerprint density at radius 1 is 0.957 bits per heavy atom. The van der Waals surface area contributed by atoms with Crippen LogP contribution in [0.5, 0.6) is 11.5 Å². The number of aromatic carboxylic acids is 1. The molecule has 0 fully saturated rings. The molecule has 3 aromatic carbocycles. The van der Waals surface area contributed by atoms with Gasteiger partial charge in [0.15, 0.2) is 16.3 Å². The molecule has 11 heteroatoms. The maximum Gasteiger partial charge on any atom is 0.338 e. The Morgan fingerprint density at radius 3 is 2.37 bits per heavy atom. The monoisotopic (exact) mass is 636 g/mol. The first-order chi connectivity index (χ1) is 22.3. The molecular formula is C35H28N2O8S. The topological polar surface area (TPSA) is 130 Å². The van der Waals surface area contributed by atoms with Crippen LogP contribution in [0, 0.1) is 0 Å². The zero-order valence-electron chi connectivity index (χ0n) is 25.1. The van der Waals surface area contributed by atoms with Crippen LogP contribution in [0.25, 0.3) is 23.1 Å². The number of esters is 1. The first-order valence-corrected chi connectivity index (χ1v) is 15.1. The molecule has 1 aliphatic heterocycles. The molecule has 0 bridgehead atoms. The van der Waals surface area contributed by atoms with Crippen LogP contribution >= 0.6 is 11.3 Å². The van der Waals surface area contributed by atoms with Crippen LogP contribution < -0.4 is 24.4 Å². The molecule has 2 aromatic heterocycles. The summed E-state index contributed by atoms with van der Waals surface area (Å²) in [5, 5.41) is 9.20. The van der Waals surface area contributed by atoms with Gasteiger partial charge in [0, 0.05) is 17.2 Å². The number of benzene rings is 3. The average molecular weight is 637 g/mol. The predicted octanol–water partition coefficient (Wildman–Crippen LogP) is 4.91. The number of hydrogen-bond donors (Lipinski definition) is 1. The minimum Gasteiger partial charge on any atom is -0.493 e. The first kappa shape index (κ1) is 30.4. The quantitative estimate of drug-likeness (QED) is 0.226. The molecule has 6 rings (SSSR count). The van der Waals surface area contributed by atoms with Crippen LogP contribution in [-0.4, -0.2) is 42.4 Å². The van der Waals surface area contributed by atoms with E-state index in [1.54, 1.807) is 55.5 Å². The number of carboxylic acids is 1. The molecule has 5 aromatic rings. The molecular weight excluding hydrogens is 608 g/mol. The van der Waals surface area contributed by atoms with Gasteiger partial charge in [0.2, 0.25) is 0 Å². The lowest BCUT2D eigenvalue weighted by atomic mass is 9.93. The fraction of sp³-hybridized carbons (Fsp3) is 0.143. The van der Waals surface area contributed by atoms with Gasteiger partial charge in [-0.2, -0.15) is 0 Å². The largest absolute Gasteiger partial charge is 0.493 e. The Balaban J connectivity index is 1.54. The second-order valence-electron chi connectivity index (χ2n) is 10.1. The Morgan fingerprint density at radius 2 is 1.70 bits per heavy atom. The Hall–Kier alpha value is -5.68. The standard InChI is InChI=1S/C35H28N2O8S/c1-4-44-34(41)29-30(21-8-6-5-7-9-21)36-35-37(31(29)23-14-16-26(42-2)27(18-23)43-3)32(38)28(46-35)19-24-15-17-25(45-24)20-10-12-22(13-11-20)33(39)40/h5-19,31H,4H2,1-3H3,(H,39,40)/b28-19-/t31-/m0/s1. The second kappa shape index (κ2) is 12.7. The lowest BCUT2D eigenvalue weighted by molar-refractivity contribution is -0.138. The van der Waals surface area contributed by atoms with Crippen molar-refractivity contribution in [1.29, 1.82) is 0 Å². The molecule has 0 spiro atoms. The zero-order valence-corrected chi connectivity index (χ0v) is 25.9. The van der Waals surface area contributed by atoms with Crippen LogP contribution in [-0.2, 0) is 9.53 Å². The van der Waals surface area contributed by atoms with Crippen LogP contribution in [0.4, 0.5) is 0 Å². The van der Waals surface area contributed by atoms with Gasteiger partial charge in [-0.3, -0.25) is 9.36 Å². The van der Waals surface area contributed by atoms with Crippen LogP contribution in [0.2, 0.25) is 0 Å². The number of fused-ring (bicyclic) bond motifs is 1. The molecule has 1 atom stereocenters. The number of nitrogens with zero attached hydrogens (tertiary/aromatic N) is 2. The second-order valence-corrected chi connectivity index (χ2v) is 11.1. The van der Waals surface area contributed by atoms with E-state index in [0.717, 1.165) is 0 Å². The smallest absolute Gasteiger partial charge is 0.338 e. The van der Waals surface area contributed by atoms with E-state index in [2.05, 4.69) is 0 Å². The van der Waals surface area contributed by atoms with Crippen LogP contribution in [0.1, 0.15) is 40.2 Å². The summed E-state index contributed by atoms with van der Waals surface area (Å²) >= 11 is 1.17. The molecule has 1 aliphatic rings. The van der Waals surface area contributed by atoms with E-state index in [-0.39, 0.29) is 23.3 Å². The minimum atomic E-state index is -1.02. The number of ether oxygens (including phenoxy) is 3. The van der Waals surface area contributed by atoms with Gasteiger partial charge in [0.05, 0.1) is 48.2 Å². The molecule has 0 aliphatic carbocycles. The summed E-state index contributed by atoms with van der Waals surface area (Å²) in [6.45, 7) is 1.85. The van der Waals surface area contributed by atoms with Crippen molar-refractivity contribution in [2.24, 2.45) is 4.99 Å². The lowest BCUT2D eigenvalue weighted by Gasteiger charge is -2.26. The average Bonchev–Trinajstić information content (AvgIpc) is 3.68. The SMILES string of the molecule is CCOC(=O)C1=C(c2ccccc2)N=c2s/c(=C\c3ccc(-c4ccc(C(=O)O)cc4)o3)c(=O)n2[C@H]1c1ccc(OC)c(OC)c1. The fourth-order valence-corrected chi connectivity index (χ4v) is 6.25. The van der Waals surface area contributed by atoms with Crippen molar-refractivity contribution < 1.29 is 33.3 Å². The molecule has 0 saturated carbocycles. The summed E-state index contributed by atoms with van der Waals surface area (Å²) < 4.78 is 24.4. The van der Waals surface area contributed by atoms with Gasteiger partial charge in [0.1, 0.15) is 11.5 Å². The number of aromatic nitrogens is 1. The summed E-state index contributed by atoms with van der Waals surface area (Å²) in [5.74, 6) is 0.241. The number of methoxy groups -OCH3 is 2. The molecule has 0 unspecified atom stereocenters. The maximum atomic E-state index is 14.2. The van der Waals surface area contributed by atoms with E-state index in [4.69, 9.17) is 23.6 Å². The third-order valence-corrected chi connectivity index (χ3v) is 8.40. The minimum absolute atomic E-state index is 0.132. The summed E-state index contributed by atoms with van der Waals surface area (Å²) in [6, 6.07) is 23.4. The number of furan rings is 1. The molecule has 0 radical (unpaired) electrons.